The third-order valence-electron chi connectivity index (χ3n) is 3.56. The molecule has 1 aromatic carbocycles. The predicted molar refractivity (Wildman–Crippen MR) is 74.7 cm³/mol. The van der Waals surface area contributed by atoms with Gasteiger partial charge in [0.15, 0.2) is 6.61 Å². The number of aromatic nitrogens is 2. The molecule has 1 saturated heterocycles. The van der Waals surface area contributed by atoms with Crippen LogP contribution in [0.1, 0.15) is 36.0 Å². The second kappa shape index (κ2) is 6.05. The molecule has 5 heteroatoms. The molecule has 0 spiro atoms. The van der Waals surface area contributed by atoms with Crippen LogP contribution in [0.4, 0.5) is 0 Å². The van der Waals surface area contributed by atoms with Gasteiger partial charge >= 0.3 is 0 Å². The summed E-state index contributed by atoms with van der Waals surface area (Å²) in [6.07, 6.45) is 2.11. The molecule has 1 aliphatic rings. The zero-order valence-corrected chi connectivity index (χ0v) is 11.6. The van der Waals surface area contributed by atoms with E-state index in [0.717, 1.165) is 37.6 Å². The Balaban J connectivity index is 1.58. The maximum absolute atomic E-state index is 5.65. The molecule has 20 heavy (non-hydrogen) atoms. The fourth-order valence-electron chi connectivity index (χ4n) is 2.34. The smallest absolute Gasteiger partial charge is 0.229 e. The monoisotopic (exact) mass is 273 g/mol. The first-order valence-corrected chi connectivity index (χ1v) is 7.04. The second-order valence-corrected chi connectivity index (χ2v) is 5.17. The zero-order valence-electron chi connectivity index (χ0n) is 11.6. The number of ether oxygens (including phenoxy) is 1. The van der Waals surface area contributed by atoms with Gasteiger partial charge in [-0.15, -0.1) is 0 Å². The number of nitrogens with one attached hydrogen (secondary N) is 1. The summed E-state index contributed by atoms with van der Waals surface area (Å²) in [5.74, 6) is 2.56. The van der Waals surface area contributed by atoms with Crippen molar-refractivity contribution in [1.82, 2.24) is 15.5 Å². The normalized spacial score (nSPS) is 16.2. The molecule has 0 unspecified atom stereocenters. The minimum Gasteiger partial charge on any atom is -0.485 e. The van der Waals surface area contributed by atoms with Gasteiger partial charge in [-0.2, -0.15) is 4.98 Å². The van der Waals surface area contributed by atoms with Crippen molar-refractivity contribution in [3.8, 4) is 5.75 Å². The summed E-state index contributed by atoms with van der Waals surface area (Å²) in [6, 6.07) is 7.93. The molecule has 0 atom stereocenters. The Bertz CT molecular complexity index is 545. The number of aryl methyl sites for hydroxylation is 1. The van der Waals surface area contributed by atoms with Crippen LogP contribution >= 0.6 is 0 Å². The molecule has 0 amide bonds. The second-order valence-electron chi connectivity index (χ2n) is 5.17. The summed E-state index contributed by atoms with van der Waals surface area (Å²) in [4.78, 5) is 4.44. The van der Waals surface area contributed by atoms with Gasteiger partial charge in [-0.1, -0.05) is 22.9 Å². The highest BCUT2D eigenvalue weighted by atomic mass is 16.5. The molecule has 106 valence electrons. The van der Waals surface area contributed by atoms with Gasteiger partial charge in [-0.25, -0.2) is 0 Å². The van der Waals surface area contributed by atoms with Gasteiger partial charge < -0.3 is 14.6 Å². The lowest BCUT2D eigenvalue weighted by Gasteiger charge is -2.18. The minimum atomic E-state index is 0.345. The fraction of sp³-hybridized carbons (Fsp3) is 0.467. The van der Waals surface area contributed by atoms with Crippen LogP contribution in [-0.4, -0.2) is 23.2 Å². The highest BCUT2D eigenvalue weighted by Crippen LogP contribution is 2.23. The van der Waals surface area contributed by atoms with E-state index < -0.39 is 0 Å². The number of nitrogens with zero attached hydrogens (tertiary/aromatic N) is 2. The first-order chi connectivity index (χ1) is 9.81. The van der Waals surface area contributed by atoms with E-state index in [2.05, 4.69) is 15.5 Å². The fourth-order valence-corrected chi connectivity index (χ4v) is 2.34. The van der Waals surface area contributed by atoms with Gasteiger partial charge in [-0.3, -0.25) is 0 Å². The number of rotatable bonds is 4. The van der Waals surface area contributed by atoms with Gasteiger partial charge in [0.05, 0.1) is 0 Å². The lowest BCUT2D eigenvalue weighted by molar-refractivity contribution is 0.281. The number of hydrogen-bond acceptors (Lipinski definition) is 5. The van der Waals surface area contributed by atoms with Crippen molar-refractivity contribution in [2.75, 3.05) is 13.1 Å². The average Bonchev–Trinajstić information content (AvgIpc) is 2.97. The van der Waals surface area contributed by atoms with Crippen LogP contribution in [0.2, 0.25) is 0 Å². The van der Waals surface area contributed by atoms with E-state index in [1.807, 2.05) is 31.2 Å². The first kappa shape index (κ1) is 13.1. The van der Waals surface area contributed by atoms with Crippen LogP contribution in [0, 0.1) is 6.92 Å². The van der Waals surface area contributed by atoms with Crippen molar-refractivity contribution in [2.45, 2.75) is 32.3 Å². The van der Waals surface area contributed by atoms with Gasteiger partial charge in [0.1, 0.15) is 5.75 Å². The van der Waals surface area contributed by atoms with E-state index in [0.29, 0.717) is 18.3 Å². The Labute approximate surface area is 118 Å². The quantitative estimate of drug-likeness (QED) is 0.927. The first-order valence-electron chi connectivity index (χ1n) is 7.04. The Morgan fingerprint density at radius 3 is 2.75 bits per heavy atom. The Morgan fingerprint density at radius 1 is 1.25 bits per heavy atom. The summed E-state index contributed by atoms with van der Waals surface area (Å²) in [6.45, 7) is 4.43. The summed E-state index contributed by atoms with van der Waals surface area (Å²) in [5.41, 5.74) is 1.21. The number of hydrogen-bond donors (Lipinski definition) is 1. The van der Waals surface area contributed by atoms with E-state index in [9.17, 15) is 0 Å². The van der Waals surface area contributed by atoms with Crippen molar-refractivity contribution < 1.29 is 9.26 Å². The maximum atomic E-state index is 5.65. The Hall–Kier alpha value is -1.88. The minimum absolute atomic E-state index is 0.345. The molecule has 2 aromatic rings. The van der Waals surface area contributed by atoms with Crippen molar-refractivity contribution in [1.29, 1.82) is 0 Å². The predicted octanol–water partition coefficient (Wildman–Crippen LogP) is 2.42. The van der Waals surface area contributed by atoms with Crippen LogP contribution < -0.4 is 10.1 Å². The van der Waals surface area contributed by atoms with Crippen molar-refractivity contribution in [3.63, 3.8) is 0 Å². The molecular weight excluding hydrogens is 254 g/mol. The molecule has 0 saturated carbocycles. The highest BCUT2D eigenvalue weighted by molar-refractivity contribution is 5.26. The van der Waals surface area contributed by atoms with Crippen molar-refractivity contribution in [3.05, 3.63) is 41.5 Å². The summed E-state index contributed by atoms with van der Waals surface area (Å²) in [7, 11) is 0. The summed E-state index contributed by atoms with van der Waals surface area (Å²) in [5, 5.41) is 7.32. The molecule has 0 radical (unpaired) electrons. The van der Waals surface area contributed by atoms with Crippen LogP contribution in [-0.2, 0) is 6.61 Å². The Kier molecular flexibility index (Phi) is 3.97. The highest BCUT2D eigenvalue weighted by Gasteiger charge is 2.21. The largest absolute Gasteiger partial charge is 0.485 e. The molecule has 1 aromatic heterocycles. The van der Waals surface area contributed by atoms with Crippen LogP contribution in [0.5, 0.6) is 5.75 Å². The van der Waals surface area contributed by atoms with E-state index in [1.165, 1.54) is 5.56 Å². The molecule has 3 rings (SSSR count). The maximum Gasteiger partial charge on any atom is 0.229 e. The average molecular weight is 273 g/mol. The van der Waals surface area contributed by atoms with E-state index in [-0.39, 0.29) is 0 Å². The molecule has 0 aliphatic carbocycles. The molecule has 1 N–H and O–H groups in total. The lowest BCUT2D eigenvalue weighted by atomic mass is 9.98. The lowest BCUT2D eigenvalue weighted by Crippen LogP contribution is -2.26. The van der Waals surface area contributed by atoms with Crippen molar-refractivity contribution >= 4 is 0 Å². The summed E-state index contributed by atoms with van der Waals surface area (Å²) < 4.78 is 11.0. The molecule has 5 nitrogen and oxygen atoms in total. The van der Waals surface area contributed by atoms with Gasteiger partial charge in [0.25, 0.3) is 0 Å². The zero-order chi connectivity index (χ0) is 13.8. The third-order valence-corrected chi connectivity index (χ3v) is 3.56. The van der Waals surface area contributed by atoms with E-state index in [1.54, 1.807) is 0 Å². The standard InChI is InChI=1S/C15H19N3O2/c1-11-2-4-13(5-3-11)19-10-14-17-15(20-18-14)12-6-8-16-9-7-12/h2-5,12,16H,6-10H2,1H3. The molecular formula is C15H19N3O2. The van der Waals surface area contributed by atoms with E-state index >= 15 is 0 Å². The van der Waals surface area contributed by atoms with E-state index in [4.69, 9.17) is 9.26 Å². The van der Waals surface area contributed by atoms with Gasteiger partial charge in [0, 0.05) is 5.92 Å². The Morgan fingerprint density at radius 2 is 2.00 bits per heavy atom. The third kappa shape index (κ3) is 3.17. The number of benzene rings is 1. The summed E-state index contributed by atoms with van der Waals surface area (Å²) >= 11 is 0. The van der Waals surface area contributed by atoms with Crippen LogP contribution in [0.25, 0.3) is 0 Å². The van der Waals surface area contributed by atoms with Gasteiger partial charge in [-0.05, 0) is 45.0 Å². The molecule has 0 bridgehead atoms. The molecule has 1 aliphatic heterocycles. The van der Waals surface area contributed by atoms with Crippen LogP contribution in [0.3, 0.4) is 0 Å². The molecule has 1 fully saturated rings. The topological polar surface area (TPSA) is 60.2 Å². The van der Waals surface area contributed by atoms with Crippen LogP contribution in [0.15, 0.2) is 28.8 Å². The van der Waals surface area contributed by atoms with Crippen molar-refractivity contribution in [2.24, 2.45) is 0 Å². The molecule has 2 heterocycles. The SMILES string of the molecule is Cc1ccc(OCc2noc(C3CCNCC3)n2)cc1. The van der Waals surface area contributed by atoms with Gasteiger partial charge in [0.2, 0.25) is 11.7 Å². The number of piperidine rings is 1.